The molecule has 0 aliphatic heterocycles. The highest BCUT2D eigenvalue weighted by atomic mass is 16.6. The van der Waals surface area contributed by atoms with Crippen LogP contribution in [0, 0.1) is 11.8 Å². The normalized spacial score (nSPS) is 12.7. The predicted molar refractivity (Wildman–Crippen MR) is 298 cm³/mol. The lowest BCUT2D eigenvalue weighted by Gasteiger charge is -2.23. The average Bonchev–Trinajstić information content (AvgIpc) is 3.39. The fourth-order valence-corrected chi connectivity index (χ4v) is 9.30. The second kappa shape index (κ2) is 50.3. The molecule has 0 radical (unpaired) electrons. The summed E-state index contributed by atoms with van der Waals surface area (Å²) < 4.78 is 16.5. The Kier molecular flexibility index (Phi) is 47.2. The molecule has 0 aromatic rings. The topological polar surface area (TPSA) is 297 Å². The molecule has 0 aliphatic rings. The third kappa shape index (κ3) is 46.1. The summed E-state index contributed by atoms with van der Waals surface area (Å²) in [4.78, 5) is 124. The van der Waals surface area contributed by atoms with Crippen LogP contribution in [0.5, 0.6) is 0 Å². The van der Waals surface area contributed by atoms with Gasteiger partial charge in [-0.25, -0.2) is 0 Å². The lowest BCUT2D eigenvalue weighted by atomic mass is 9.90. The van der Waals surface area contributed by atoms with Crippen LogP contribution >= 0.6 is 0 Å². The van der Waals surface area contributed by atoms with Crippen molar-refractivity contribution >= 4 is 59.2 Å². The summed E-state index contributed by atoms with van der Waals surface area (Å²) >= 11 is 0. The highest BCUT2D eigenvalue weighted by molar-refractivity contribution is 5.94. The highest BCUT2D eigenvalue weighted by Gasteiger charge is 2.31. The summed E-state index contributed by atoms with van der Waals surface area (Å²) in [6.07, 6.45) is 30.0. The van der Waals surface area contributed by atoms with Gasteiger partial charge >= 0.3 is 35.8 Å². The zero-order chi connectivity index (χ0) is 58.0. The molecule has 0 aromatic heterocycles. The van der Waals surface area contributed by atoms with E-state index in [0.29, 0.717) is 12.8 Å². The van der Waals surface area contributed by atoms with Crippen molar-refractivity contribution in [1.82, 2.24) is 5.32 Å². The SMILES string of the molecule is CCCCCCCCCCCCCCCCCC(=O)OCC(COC(=O)CCC(=O)CC(CCC(=O)O)C(=O)NC(CCC(=O)O)C(=O)CC(CCC(=O)O)C(N)=O)OC(=O)CCCCCCCCCCCCCCCCC. The summed E-state index contributed by atoms with van der Waals surface area (Å²) in [7, 11) is 0. The van der Waals surface area contributed by atoms with E-state index >= 15 is 0 Å². The monoisotopic (exact) mass is 1110 g/mol. The van der Waals surface area contributed by atoms with Gasteiger partial charge in [-0.3, -0.25) is 47.9 Å². The van der Waals surface area contributed by atoms with Gasteiger partial charge in [0, 0.05) is 63.2 Å². The molecule has 0 spiro atoms. The number of carbonyl (C=O) groups excluding carboxylic acids is 7. The van der Waals surface area contributed by atoms with Crippen LogP contribution in [0.3, 0.4) is 0 Å². The molecule has 18 nitrogen and oxygen atoms in total. The number of rotatable bonds is 57. The van der Waals surface area contributed by atoms with E-state index in [1.807, 2.05) is 0 Å². The molecule has 450 valence electrons. The van der Waals surface area contributed by atoms with Gasteiger partial charge in [0.2, 0.25) is 11.8 Å². The molecular formula is C60H104N2O16. The molecule has 0 rings (SSSR count). The number of ketones is 2. The first-order valence-corrected chi connectivity index (χ1v) is 30.3. The lowest BCUT2D eigenvalue weighted by molar-refractivity contribution is -0.167. The second-order valence-corrected chi connectivity index (χ2v) is 21.4. The Morgan fingerprint density at radius 1 is 0.397 bits per heavy atom. The van der Waals surface area contributed by atoms with Gasteiger partial charge < -0.3 is 40.6 Å². The van der Waals surface area contributed by atoms with E-state index in [2.05, 4.69) is 19.2 Å². The average molecular weight is 1110 g/mol. The molecule has 18 heteroatoms. The molecule has 0 saturated heterocycles. The largest absolute Gasteiger partial charge is 0.481 e. The number of ether oxygens (including phenoxy) is 3. The summed E-state index contributed by atoms with van der Waals surface area (Å²) in [5.41, 5.74) is 5.37. The maximum absolute atomic E-state index is 13.5. The number of carboxylic acid groups (broad SMARTS) is 3. The van der Waals surface area contributed by atoms with Gasteiger partial charge in [0.1, 0.15) is 19.0 Å². The van der Waals surface area contributed by atoms with Crippen molar-refractivity contribution in [3.05, 3.63) is 0 Å². The van der Waals surface area contributed by atoms with Gasteiger partial charge in [0.05, 0.1) is 12.5 Å². The fraction of sp³-hybridized carbons (Fsp3) is 0.833. The number of aliphatic carboxylic acids is 3. The van der Waals surface area contributed by atoms with Gasteiger partial charge in [-0.05, 0) is 32.1 Å². The number of primary amides is 1. The van der Waals surface area contributed by atoms with Crippen molar-refractivity contribution in [2.45, 2.75) is 296 Å². The standard InChI is InChI=1S/C60H104N2O16/c1-3-5-7-9-11-13-15-17-19-21-23-25-27-29-31-33-56(71)76-45-50(78-58(73)34-32-30-28-26-24-22-20-18-16-14-12-10-8-6-4-2)46-77-57(72)42-37-49(63)43-48(36-40-54(67)68)60(75)62-51(38-41-55(69)70)52(64)44-47(59(61)74)35-39-53(65)66/h47-48,50-51H,3-46H2,1-2H3,(H2,61,74)(H,62,75)(H,65,66)(H,67,68)(H,69,70). The third-order valence-corrected chi connectivity index (χ3v) is 14.2. The third-order valence-electron chi connectivity index (χ3n) is 14.2. The number of unbranched alkanes of at least 4 members (excludes halogenated alkanes) is 28. The number of hydrogen-bond donors (Lipinski definition) is 5. The summed E-state index contributed by atoms with van der Waals surface area (Å²) in [5.74, 6) is -11.6. The molecule has 0 aliphatic carbocycles. The van der Waals surface area contributed by atoms with Gasteiger partial charge in [0.25, 0.3) is 0 Å². The van der Waals surface area contributed by atoms with Crippen LogP contribution in [0.1, 0.15) is 284 Å². The summed E-state index contributed by atoms with van der Waals surface area (Å²) in [6.45, 7) is 3.68. The van der Waals surface area contributed by atoms with Crippen molar-refractivity contribution in [2.75, 3.05) is 13.2 Å². The second-order valence-electron chi connectivity index (χ2n) is 21.4. The Morgan fingerprint density at radius 2 is 0.744 bits per heavy atom. The zero-order valence-electron chi connectivity index (χ0n) is 48.1. The first-order chi connectivity index (χ1) is 37.5. The Balaban J connectivity index is 5.32. The van der Waals surface area contributed by atoms with Crippen molar-refractivity contribution < 1.29 is 77.5 Å². The minimum Gasteiger partial charge on any atom is -0.481 e. The van der Waals surface area contributed by atoms with Crippen LogP contribution in [-0.4, -0.2) is 99.9 Å². The van der Waals surface area contributed by atoms with E-state index in [4.69, 9.17) is 25.1 Å². The molecule has 4 unspecified atom stereocenters. The summed E-state index contributed by atoms with van der Waals surface area (Å²) in [6, 6.07) is -1.49. The number of carboxylic acids is 3. The molecule has 0 bridgehead atoms. The van der Waals surface area contributed by atoms with Crippen molar-refractivity contribution in [1.29, 1.82) is 0 Å². The van der Waals surface area contributed by atoms with Gasteiger partial charge in [-0.15, -0.1) is 0 Å². The number of Topliss-reactive ketones (excluding diaryl/α,β-unsaturated/α-hetero) is 2. The lowest BCUT2D eigenvalue weighted by Crippen LogP contribution is -2.45. The van der Waals surface area contributed by atoms with E-state index in [1.165, 1.54) is 135 Å². The van der Waals surface area contributed by atoms with Gasteiger partial charge in [-0.1, -0.05) is 194 Å². The molecule has 2 amide bonds. The highest BCUT2D eigenvalue weighted by Crippen LogP contribution is 2.20. The number of nitrogens with two attached hydrogens (primary N) is 1. The Bertz CT molecular complexity index is 1690. The smallest absolute Gasteiger partial charge is 0.306 e. The van der Waals surface area contributed by atoms with Crippen molar-refractivity contribution in [3.8, 4) is 0 Å². The quantitative estimate of drug-likeness (QED) is 0.0215. The first-order valence-electron chi connectivity index (χ1n) is 30.3. The van der Waals surface area contributed by atoms with Crippen LogP contribution in [-0.2, 0) is 62.2 Å². The maximum Gasteiger partial charge on any atom is 0.306 e. The van der Waals surface area contributed by atoms with Crippen LogP contribution < -0.4 is 11.1 Å². The van der Waals surface area contributed by atoms with E-state index in [9.17, 15) is 58.2 Å². The van der Waals surface area contributed by atoms with Crippen molar-refractivity contribution in [3.63, 3.8) is 0 Å². The zero-order valence-corrected chi connectivity index (χ0v) is 48.1. The molecule has 0 heterocycles. The van der Waals surface area contributed by atoms with E-state index in [-0.39, 0.29) is 32.3 Å². The van der Waals surface area contributed by atoms with Gasteiger partial charge in [-0.2, -0.15) is 0 Å². The van der Waals surface area contributed by atoms with E-state index < -0.39 is 141 Å². The van der Waals surface area contributed by atoms with E-state index in [1.54, 1.807) is 0 Å². The van der Waals surface area contributed by atoms with Crippen LogP contribution in [0.25, 0.3) is 0 Å². The summed E-state index contributed by atoms with van der Waals surface area (Å²) in [5, 5.41) is 30.0. The number of hydrogen-bond acceptors (Lipinski definition) is 13. The molecule has 4 atom stereocenters. The number of carbonyl (C=O) groups is 10. The molecule has 0 aromatic carbocycles. The number of nitrogens with one attached hydrogen (secondary N) is 1. The van der Waals surface area contributed by atoms with Crippen molar-refractivity contribution in [2.24, 2.45) is 17.6 Å². The molecule has 0 saturated carbocycles. The molecule has 6 N–H and O–H groups in total. The van der Waals surface area contributed by atoms with Crippen LogP contribution in [0.2, 0.25) is 0 Å². The Morgan fingerprint density at radius 3 is 1.13 bits per heavy atom. The van der Waals surface area contributed by atoms with E-state index in [0.717, 1.165) is 44.9 Å². The molecular weight excluding hydrogens is 1000 g/mol. The number of esters is 3. The molecule has 78 heavy (non-hydrogen) atoms. The Labute approximate surface area is 466 Å². The minimum absolute atomic E-state index is 0.135. The minimum atomic E-state index is -1.49. The Hall–Kier alpha value is -4.90. The maximum atomic E-state index is 13.5. The van der Waals surface area contributed by atoms with Gasteiger partial charge in [0.15, 0.2) is 11.9 Å². The molecule has 0 fully saturated rings. The van der Waals surface area contributed by atoms with Crippen LogP contribution in [0.15, 0.2) is 0 Å². The predicted octanol–water partition coefficient (Wildman–Crippen LogP) is 12.0. The van der Waals surface area contributed by atoms with Crippen LogP contribution in [0.4, 0.5) is 0 Å². The number of amides is 2. The first kappa shape index (κ1) is 73.1. The fourth-order valence-electron chi connectivity index (χ4n) is 9.30.